The van der Waals surface area contributed by atoms with Crippen LogP contribution in [-0.4, -0.2) is 37.9 Å². The Morgan fingerprint density at radius 2 is 1.90 bits per heavy atom. The predicted octanol–water partition coefficient (Wildman–Crippen LogP) is 4.84. The molecule has 7 nitrogen and oxygen atoms in total. The Hall–Kier alpha value is -4.14. The number of hydrogen-bond acceptors (Lipinski definition) is 4. The molecule has 3 heterocycles. The van der Waals surface area contributed by atoms with Crippen LogP contribution in [0.5, 0.6) is 0 Å². The first-order valence-corrected chi connectivity index (χ1v) is 13.3. The quantitative estimate of drug-likeness (QED) is 0.402. The maximum atomic E-state index is 15.2. The molecule has 7 rings (SSSR count). The van der Waals surface area contributed by atoms with Crippen molar-refractivity contribution in [3.8, 4) is 11.3 Å². The molecular formula is C30H27F2N5O2. The number of primary amides is 1. The summed E-state index contributed by atoms with van der Waals surface area (Å²) in [6.07, 6.45) is 2.72. The van der Waals surface area contributed by atoms with Gasteiger partial charge in [0.2, 0.25) is 5.91 Å². The zero-order valence-corrected chi connectivity index (χ0v) is 21.4. The van der Waals surface area contributed by atoms with Crippen LogP contribution in [0.2, 0.25) is 0 Å². The highest BCUT2D eigenvalue weighted by Crippen LogP contribution is 2.55. The molecule has 4 aromatic rings. The molecule has 2 aliphatic carbocycles. The number of hydrogen-bond donors (Lipinski definition) is 1. The molecule has 1 unspecified atom stereocenters. The summed E-state index contributed by atoms with van der Waals surface area (Å²) in [7, 11) is 0. The van der Waals surface area contributed by atoms with Gasteiger partial charge in [-0.25, -0.2) is 18.3 Å². The first kappa shape index (κ1) is 23.9. The molecule has 2 N–H and O–H groups in total. The van der Waals surface area contributed by atoms with E-state index in [1.54, 1.807) is 10.6 Å². The minimum atomic E-state index is -1.92. The van der Waals surface area contributed by atoms with Crippen molar-refractivity contribution >= 4 is 17.5 Å². The summed E-state index contributed by atoms with van der Waals surface area (Å²) in [5, 5.41) is 4.63. The third-order valence-electron chi connectivity index (χ3n) is 8.49. The van der Waals surface area contributed by atoms with Gasteiger partial charge in [0, 0.05) is 36.2 Å². The smallest absolute Gasteiger partial charge is 0.273 e. The Morgan fingerprint density at radius 1 is 1.10 bits per heavy atom. The fourth-order valence-corrected chi connectivity index (χ4v) is 5.97. The minimum absolute atomic E-state index is 0.0395. The summed E-state index contributed by atoms with van der Waals surface area (Å²) >= 11 is 0. The monoisotopic (exact) mass is 527 g/mol. The highest BCUT2D eigenvalue weighted by molar-refractivity contribution is 5.93. The van der Waals surface area contributed by atoms with Crippen LogP contribution < -0.4 is 5.73 Å². The van der Waals surface area contributed by atoms with Gasteiger partial charge in [-0.1, -0.05) is 30.3 Å². The molecule has 2 fully saturated rings. The molecule has 2 aromatic carbocycles. The van der Waals surface area contributed by atoms with Gasteiger partial charge in [-0.3, -0.25) is 9.59 Å². The molecule has 0 bridgehead atoms. The first-order chi connectivity index (χ1) is 18.7. The van der Waals surface area contributed by atoms with Gasteiger partial charge in [0.05, 0.1) is 17.7 Å². The lowest BCUT2D eigenvalue weighted by molar-refractivity contribution is -0.120. The predicted molar refractivity (Wildman–Crippen MR) is 140 cm³/mol. The van der Waals surface area contributed by atoms with Gasteiger partial charge in [0.25, 0.3) is 5.91 Å². The fourth-order valence-electron chi connectivity index (χ4n) is 5.97. The summed E-state index contributed by atoms with van der Waals surface area (Å²) in [4.78, 5) is 31.6. The second kappa shape index (κ2) is 8.43. The molecule has 3 aliphatic rings. The van der Waals surface area contributed by atoms with Crippen molar-refractivity contribution in [3.05, 3.63) is 88.5 Å². The highest BCUT2D eigenvalue weighted by atomic mass is 19.1. The lowest BCUT2D eigenvalue weighted by atomic mass is 9.93. The van der Waals surface area contributed by atoms with Gasteiger partial charge < -0.3 is 10.6 Å². The molecular weight excluding hydrogens is 500 g/mol. The van der Waals surface area contributed by atoms with Crippen LogP contribution in [0.1, 0.15) is 71.0 Å². The zero-order chi connectivity index (χ0) is 27.1. The van der Waals surface area contributed by atoms with E-state index in [1.165, 1.54) is 17.7 Å². The van der Waals surface area contributed by atoms with Crippen LogP contribution >= 0.6 is 0 Å². The molecule has 2 saturated carbocycles. The molecule has 9 heteroatoms. The Labute approximate surface area is 223 Å². The second-order valence-corrected chi connectivity index (χ2v) is 11.0. The first-order valence-electron chi connectivity index (χ1n) is 13.3. The molecule has 0 saturated heterocycles. The lowest BCUT2D eigenvalue weighted by Crippen LogP contribution is -2.39. The molecule has 0 spiro atoms. The number of halogens is 2. The minimum Gasteiger partial charge on any atom is -0.369 e. The van der Waals surface area contributed by atoms with E-state index in [-0.39, 0.29) is 35.4 Å². The van der Waals surface area contributed by atoms with Gasteiger partial charge in [0.15, 0.2) is 5.65 Å². The van der Waals surface area contributed by atoms with Crippen LogP contribution in [0.15, 0.2) is 54.6 Å². The number of carbonyl (C=O) groups excluding carboxylic acids is 2. The average Bonchev–Trinajstić information content (AvgIpc) is 3.84. The van der Waals surface area contributed by atoms with Crippen molar-refractivity contribution in [1.29, 1.82) is 0 Å². The van der Waals surface area contributed by atoms with Crippen molar-refractivity contribution < 1.29 is 18.4 Å². The maximum absolute atomic E-state index is 15.2. The number of amides is 2. The van der Waals surface area contributed by atoms with Gasteiger partial charge in [-0.15, -0.1) is 0 Å². The SMILES string of the molecule is C[C@@H]1c2ccccc2CCN1C(=O)c1cc(C2CC2)n2nc(-c3ccc([C@@]4(F)CC4C(N)=O)cc3F)cc2n1. The van der Waals surface area contributed by atoms with E-state index in [9.17, 15) is 9.59 Å². The van der Waals surface area contributed by atoms with Crippen LogP contribution in [0, 0.1) is 11.7 Å². The summed E-state index contributed by atoms with van der Waals surface area (Å²) in [5.74, 6) is -2.19. The third-order valence-corrected chi connectivity index (χ3v) is 8.49. The molecule has 0 radical (unpaired) electrons. The number of rotatable bonds is 5. The van der Waals surface area contributed by atoms with Crippen LogP contribution in [0.4, 0.5) is 8.78 Å². The summed E-state index contributed by atoms with van der Waals surface area (Å²) in [6.45, 7) is 2.64. The third kappa shape index (κ3) is 3.82. The largest absolute Gasteiger partial charge is 0.369 e. The molecule has 1 aliphatic heterocycles. The Kier molecular flexibility index (Phi) is 5.17. The molecule has 2 amide bonds. The zero-order valence-electron chi connectivity index (χ0n) is 21.4. The summed E-state index contributed by atoms with van der Waals surface area (Å²) in [6, 6.07) is 15.7. The van der Waals surface area contributed by atoms with Crippen molar-refractivity contribution in [2.75, 3.05) is 6.54 Å². The van der Waals surface area contributed by atoms with E-state index in [4.69, 9.17) is 5.73 Å². The van der Waals surface area contributed by atoms with Gasteiger partial charge in [-0.05, 0) is 61.1 Å². The molecule has 39 heavy (non-hydrogen) atoms. The topological polar surface area (TPSA) is 93.6 Å². The number of alkyl halides is 1. The average molecular weight is 528 g/mol. The molecule has 3 atom stereocenters. The van der Waals surface area contributed by atoms with E-state index in [0.29, 0.717) is 23.6 Å². The normalized spacial score (nSPS) is 24.0. The van der Waals surface area contributed by atoms with Crippen molar-refractivity contribution in [2.45, 2.75) is 50.2 Å². The van der Waals surface area contributed by atoms with Crippen molar-refractivity contribution in [3.63, 3.8) is 0 Å². The van der Waals surface area contributed by atoms with Gasteiger partial charge >= 0.3 is 0 Å². The second-order valence-electron chi connectivity index (χ2n) is 11.0. The molecule has 2 aromatic heterocycles. The summed E-state index contributed by atoms with van der Waals surface area (Å²) < 4.78 is 31.9. The number of nitrogens with zero attached hydrogens (tertiary/aromatic N) is 4. The van der Waals surface area contributed by atoms with E-state index in [0.717, 1.165) is 36.6 Å². The number of fused-ring (bicyclic) bond motifs is 2. The van der Waals surface area contributed by atoms with Crippen LogP contribution in [0.25, 0.3) is 16.9 Å². The maximum Gasteiger partial charge on any atom is 0.273 e. The van der Waals surface area contributed by atoms with Crippen molar-refractivity contribution in [2.24, 2.45) is 11.7 Å². The fraction of sp³-hybridized carbons (Fsp3) is 0.333. The number of aromatic nitrogens is 3. The van der Waals surface area contributed by atoms with Gasteiger partial charge in [-0.2, -0.15) is 5.10 Å². The Bertz CT molecular complexity index is 1680. The molecule has 198 valence electrons. The Balaban J connectivity index is 1.24. The standard InChI is InChI=1S/C30H27F2N5O2/c1-16-20-5-3-2-4-17(20)10-11-36(16)29(39)25-13-26(18-6-7-18)37-27(34-25)14-24(35-37)21-9-8-19(12-23(21)31)30(32)15-22(30)28(33)38/h2-5,8-9,12-14,16,18,22H,6-7,10-11,15H2,1H3,(H2,33,38)/t16-,22?,30+/m1/s1. The number of nitrogens with two attached hydrogens (primary N) is 1. The van der Waals surface area contributed by atoms with E-state index in [2.05, 4.69) is 22.2 Å². The number of carbonyl (C=O) groups is 2. The number of benzene rings is 2. The van der Waals surface area contributed by atoms with E-state index >= 15 is 8.78 Å². The Morgan fingerprint density at radius 3 is 2.62 bits per heavy atom. The van der Waals surface area contributed by atoms with Gasteiger partial charge in [0.1, 0.15) is 17.2 Å². The van der Waals surface area contributed by atoms with Crippen molar-refractivity contribution in [1.82, 2.24) is 19.5 Å². The highest BCUT2D eigenvalue weighted by Gasteiger charge is 2.60. The summed E-state index contributed by atoms with van der Waals surface area (Å²) in [5.41, 5.74) is 8.05. The lowest BCUT2D eigenvalue weighted by Gasteiger charge is -2.35. The van der Waals surface area contributed by atoms with Crippen LogP contribution in [0.3, 0.4) is 0 Å². The van der Waals surface area contributed by atoms with E-state index < -0.39 is 23.3 Å². The van der Waals surface area contributed by atoms with Crippen LogP contribution in [-0.2, 0) is 16.9 Å². The van der Waals surface area contributed by atoms with E-state index in [1.807, 2.05) is 30.0 Å².